The second kappa shape index (κ2) is 7.73. The second-order valence-corrected chi connectivity index (χ2v) is 7.34. The number of nitrogens with zero attached hydrogens (tertiary/aromatic N) is 3. The first-order valence-electron chi connectivity index (χ1n) is 7.70. The van der Waals surface area contributed by atoms with Crippen LogP contribution < -0.4 is 5.32 Å². The first kappa shape index (κ1) is 16.2. The molecule has 1 saturated carbocycles. The summed E-state index contributed by atoms with van der Waals surface area (Å²) >= 11 is 2.02. The highest BCUT2D eigenvalue weighted by molar-refractivity contribution is 7.99. The van der Waals surface area contributed by atoms with Crippen LogP contribution in [-0.4, -0.2) is 50.6 Å². The molecule has 1 aromatic heterocycles. The van der Waals surface area contributed by atoms with Crippen molar-refractivity contribution in [3.63, 3.8) is 0 Å². The van der Waals surface area contributed by atoms with E-state index in [0.29, 0.717) is 6.04 Å². The van der Waals surface area contributed by atoms with Gasteiger partial charge in [0.05, 0.1) is 6.33 Å². The standard InChI is InChI=1S/C15H26N4OS/c1-4-21-14-6-5-13(9-14)18(3)15(20)17-12(2)10-19-8-7-16-11-19/h7-8,11-14H,4-6,9-10H2,1-3H3,(H,17,20)/t12-,13+,14+/m0/s1. The number of hydrogen-bond acceptors (Lipinski definition) is 3. The zero-order valence-corrected chi connectivity index (χ0v) is 14.0. The smallest absolute Gasteiger partial charge is 0.317 e. The van der Waals surface area contributed by atoms with Crippen LogP contribution in [0.5, 0.6) is 0 Å². The molecule has 1 fully saturated rings. The number of aromatic nitrogens is 2. The first-order chi connectivity index (χ1) is 10.1. The molecule has 5 nitrogen and oxygen atoms in total. The molecule has 0 saturated heterocycles. The fourth-order valence-corrected chi connectivity index (χ4v) is 4.02. The van der Waals surface area contributed by atoms with Crippen LogP contribution in [0.4, 0.5) is 4.79 Å². The van der Waals surface area contributed by atoms with Crippen molar-refractivity contribution in [3.8, 4) is 0 Å². The van der Waals surface area contributed by atoms with Gasteiger partial charge < -0.3 is 14.8 Å². The molecule has 1 aromatic rings. The van der Waals surface area contributed by atoms with Gasteiger partial charge in [0.2, 0.25) is 0 Å². The first-order valence-corrected chi connectivity index (χ1v) is 8.75. The fourth-order valence-electron chi connectivity index (χ4n) is 2.89. The third-order valence-corrected chi connectivity index (χ3v) is 5.27. The van der Waals surface area contributed by atoms with E-state index in [1.807, 2.05) is 41.4 Å². The van der Waals surface area contributed by atoms with E-state index in [0.717, 1.165) is 30.4 Å². The molecule has 1 N–H and O–H groups in total. The Hall–Kier alpha value is -1.17. The highest BCUT2D eigenvalue weighted by Gasteiger charge is 2.30. The zero-order chi connectivity index (χ0) is 15.2. The Morgan fingerprint density at radius 2 is 2.38 bits per heavy atom. The van der Waals surface area contributed by atoms with Gasteiger partial charge in [0, 0.05) is 43.3 Å². The van der Waals surface area contributed by atoms with Crippen LogP contribution in [0.2, 0.25) is 0 Å². The molecule has 118 valence electrons. The summed E-state index contributed by atoms with van der Waals surface area (Å²) in [6, 6.07) is 0.514. The number of imidazole rings is 1. The summed E-state index contributed by atoms with van der Waals surface area (Å²) in [5.41, 5.74) is 0. The predicted molar refractivity (Wildman–Crippen MR) is 87.5 cm³/mol. The van der Waals surface area contributed by atoms with Gasteiger partial charge in [-0.1, -0.05) is 6.92 Å². The lowest BCUT2D eigenvalue weighted by atomic mass is 10.2. The van der Waals surface area contributed by atoms with Crippen molar-refractivity contribution in [3.05, 3.63) is 18.7 Å². The molecule has 1 heterocycles. The van der Waals surface area contributed by atoms with Gasteiger partial charge >= 0.3 is 6.03 Å². The van der Waals surface area contributed by atoms with E-state index in [2.05, 4.69) is 17.2 Å². The lowest BCUT2D eigenvalue weighted by Gasteiger charge is -2.27. The maximum Gasteiger partial charge on any atom is 0.317 e. The Balaban J connectivity index is 1.77. The van der Waals surface area contributed by atoms with E-state index in [4.69, 9.17) is 0 Å². The molecule has 2 rings (SSSR count). The van der Waals surface area contributed by atoms with Crippen molar-refractivity contribution < 1.29 is 4.79 Å². The van der Waals surface area contributed by atoms with Gasteiger partial charge in [-0.3, -0.25) is 0 Å². The van der Waals surface area contributed by atoms with E-state index >= 15 is 0 Å². The number of hydrogen-bond donors (Lipinski definition) is 1. The minimum atomic E-state index is 0.0368. The molecule has 0 spiro atoms. The van der Waals surface area contributed by atoms with E-state index in [1.54, 1.807) is 12.5 Å². The van der Waals surface area contributed by atoms with Crippen LogP contribution in [0.3, 0.4) is 0 Å². The number of amides is 2. The van der Waals surface area contributed by atoms with Crippen LogP contribution in [0.1, 0.15) is 33.1 Å². The Morgan fingerprint density at radius 1 is 1.57 bits per heavy atom. The fraction of sp³-hybridized carbons (Fsp3) is 0.733. The maximum atomic E-state index is 12.3. The van der Waals surface area contributed by atoms with Gasteiger partial charge in [-0.05, 0) is 31.9 Å². The number of urea groups is 1. The molecule has 0 bridgehead atoms. The number of thioether (sulfide) groups is 1. The highest BCUT2D eigenvalue weighted by Crippen LogP contribution is 2.32. The molecule has 0 unspecified atom stereocenters. The van der Waals surface area contributed by atoms with E-state index < -0.39 is 0 Å². The summed E-state index contributed by atoms with van der Waals surface area (Å²) in [4.78, 5) is 18.2. The third kappa shape index (κ3) is 4.66. The molecular weight excluding hydrogens is 284 g/mol. The van der Waals surface area contributed by atoms with E-state index in [9.17, 15) is 4.79 Å². The van der Waals surface area contributed by atoms with Crippen LogP contribution in [0.25, 0.3) is 0 Å². The summed E-state index contributed by atoms with van der Waals surface area (Å²) in [6.45, 7) is 4.97. The molecule has 1 aliphatic carbocycles. The quantitative estimate of drug-likeness (QED) is 0.878. The Kier molecular flexibility index (Phi) is 5.96. The van der Waals surface area contributed by atoms with E-state index in [1.165, 1.54) is 6.42 Å². The second-order valence-electron chi connectivity index (χ2n) is 5.77. The van der Waals surface area contributed by atoms with Crippen molar-refractivity contribution in [1.82, 2.24) is 19.8 Å². The van der Waals surface area contributed by atoms with Crippen molar-refractivity contribution in [2.75, 3.05) is 12.8 Å². The van der Waals surface area contributed by atoms with Crippen LogP contribution in [0.15, 0.2) is 18.7 Å². The number of carbonyl (C=O) groups excluding carboxylic acids is 1. The van der Waals surface area contributed by atoms with Crippen molar-refractivity contribution in [2.45, 2.75) is 57.0 Å². The van der Waals surface area contributed by atoms with Gasteiger partial charge in [0.15, 0.2) is 0 Å². The molecular formula is C15H26N4OS. The number of rotatable bonds is 6. The lowest BCUT2D eigenvalue weighted by Crippen LogP contribution is -2.46. The van der Waals surface area contributed by atoms with Gasteiger partial charge in [0.25, 0.3) is 0 Å². The highest BCUT2D eigenvalue weighted by atomic mass is 32.2. The Labute approximate surface area is 131 Å². The van der Waals surface area contributed by atoms with Crippen molar-refractivity contribution in [2.24, 2.45) is 0 Å². The van der Waals surface area contributed by atoms with Gasteiger partial charge in [-0.15, -0.1) is 0 Å². The van der Waals surface area contributed by atoms with Gasteiger partial charge in [-0.25, -0.2) is 9.78 Å². The summed E-state index contributed by atoms with van der Waals surface area (Å²) < 4.78 is 1.98. The summed E-state index contributed by atoms with van der Waals surface area (Å²) in [5, 5.41) is 3.79. The SMILES string of the molecule is CCS[C@@H]1CC[C@@H](N(C)C(=O)N[C@@H](C)Cn2ccnc2)C1. The van der Waals surface area contributed by atoms with Crippen LogP contribution in [-0.2, 0) is 6.54 Å². The average molecular weight is 310 g/mol. The molecule has 6 heteroatoms. The largest absolute Gasteiger partial charge is 0.335 e. The minimum absolute atomic E-state index is 0.0368. The van der Waals surface area contributed by atoms with Crippen LogP contribution in [0, 0.1) is 0 Å². The summed E-state index contributed by atoms with van der Waals surface area (Å²) in [6.07, 6.45) is 8.91. The van der Waals surface area contributed by atoms with Gasteiger partial charge in [0.1, 0.15) is 0 Å². The molecule has 0 radical (unpaired) electrons. The molecule has 0 aliphatic heterocycles. The predicted octanol–water partition coefficient (Wildman–Crippen LogP) is 2.59. The monoisotopic (exact) mass is 310 g/mol. The van der Waals surface area contributed by atoms with Crippen LogP contribution >= 0.6 is 11.8 Å². The lowest BCUT2D eigenvalue weighted by molar-refractivity contribution is 0.186. The number of carbonyl (C=O) groups is 1. The van der Waals surface area contributed by atoms with E-state index in [-0.39, 0.29) is 12.1 Å². The summed E-state index contributed by atoms with van der Waals surface area (Å²) in [7, 11) is 1.92. The van der Waals surface area contributed by atoms with Crippen molar-refractivity contribution >= 4 is 17.8 Å². The zero-order valence-electron chi connectivity index (χ0n) is 13.2. The molecule has 21 heavy (non-hydrogen) atoms. The average Bonchev–Trinajstić information content (AvgIpc) is 3.09. The maximum absolute atomic E-state index is 12.3. The number of nitrogens with one attached hydrogen (secondary N) is 1. The molecule has 0 aromatic carbocycles. The summed E-state index contributed by atoms with van der Waals surface area (Å²) in [5.74, 6) is 1.16. The van der Waals surface area contributed by atoms with Crippen molar-refractivity contribution in [1.29, 1.82) is 0 Å². The minimum Gasteiger partial charge on any atom is -0.335 e. The molecule has 2 amide bonds. The Morgan fingerprint density at radius 3 is 3.05 bits per heavy atom. The normalized spacial score (nSPS) is 23.0. The third-order valence-electron chi connectivity index (χ3n) is 4.04. The molecule has 1 aliphatic rings. The Bertz CT molecular complexity index is 437. The topological polar surface area (TPSA) is 50.2 Å². The molecule has 3 atom stereocenters. The van der Waals surface area contributed by atoms with Gasteiger partial charge in [-0.2, -0.15) is 11.8 Å².